The molecule has 0 radical (unpaired) electrons. The molecule has 1 aromatic rings. The maximum Gasteiger partial charge on any atom is 0.322 e. The van der Waals surface area contributed by atoms with Crippen molar-refractivity contribution in [1.29, 1.82) is 0 Å². The van der Waals surface area contributed by atoms with Gasteiger partial charge in [0.15, 0.2) is 5.82 Å². The molecule has 3 unspecified atom stereocenters. The van der Waals surface area contributed by atoms with E-state index in [9.17, 15) is 0 Å². The van der Waals surface area contributed by atoms with Gasteiger partial charge in [-0.1, -0.05) is 118 Å². The van der Waals surface area contributed by atoms with Crippen LogP contribution < -0.4 is 20.9 Å². The largest absolute Gasteiger partial charge is 0.463 e. The van der Waals surface area contributed by atoms with Crippen LogP contribution in [-0.2, 0) is 0 Å². The first-order valence-corrected chi connectivity index (χ1v) is 17.0. The van der Waals surface area contributed by atoms with E-state index in [1.807, 2.05) is 0 Å². The van der Waals surface area contributed by atoms with Gasteiger partial charge >= 0.3 is 12.0 Å². The molecule has 0 saturated carbocycles. The molecule has 0 aliphatic rings. The zero-order valence-electron chi connectivity index (χ0n) is 26.8. The minimum atomic E-state index is -0.264. The van der Waals surface area contributed by atoms with Crippen LogP contribution in [0.1, 0.15) is 168 Å². The van der Waals surface area contributed by atoms with Gasteiger partial charge in [-0.15, -0.1) is 4.98 Å². The van der Waals surface area contributed by atoms with Gasteiger partial charge in [0.1, 0.15) is 0 Å². The molecule has 0 aliphatic carbocycles. The maximum atomic E-state index is 6.55. The van der Waals surface area contributed by atoms with Gasteiger partial charge in [-0.25, -0.2) is 0 Å². The Labute approximate surface area is 247 Å². The minimum absolute atomic E-state index is 0.264. The smallest absolute Gasteiger partial charge is 0.322 e. The van der Waals surface area contributed by atoms with E-state index in [0.717, 1.165) is 25.7 Å². The molecule has 0 aliphatic heterocycles. The molecular weight excluding hydrogens is 498 g/mol. The van der Waals surface area contributed by atoms with Gasteiger partial charge in [0.25, 0.3) is 0 Å². The van der Waals surface area contributed by atoms with Crippen LogP contribution in [0.25, 0.3) is 0 Å². The van der Waals surface area contributed by atoms with E-state index in [1.54, 1.807) is 0 Å². The second-order valence-electron chi connectivity index (χ2n) is 11.8. The van der Waals surface area contributed by atoms with E-state index in [1.165, 1.54) is 103 Å². The standard InChI is InChI=1S/C33H65N5O2/c1-5-9-13-16-22-28(20-11-7-3)26-39-32-36-31(30(35)24-18-15-19-25-34)37-33(38-32)40-27-29(21-12-8-4)23-17-14-10-6-2/h28-30H,5-27,34-35H2,1-4H3. The van der Waals surface area contributed by atoms with Gasteiger partial charge in [0, 0.05) is 0 Å². The van der Waals surface area contributed by atoms with E-state index in [4.69, 9.17) is 20.9 Å². The summed E-state index contributed by atoms with van der Waals surface area (Å²) in [5, 5.41) is 0. The van der Waals surface area contributed by atoms with E-state index in [0.29, 0.717) is 49.4 Å². The fraction of sp³-hybridized carbons (Fsp3) is 0.909. The lowest BCUT2D eigenvalue weighted by Gasteiger charge is -2.19. The van der Waals surface area contributed by atoms with Gasteiger partial charge in [-0.2, -0.15) is 9.97 Å². The Hall–Kier alpha value is -1.47. The first-order chi connectivity index (χ1) is 19.6. The minimum Gasteiger partial charge on any atom is -0.463 e. The number of unbranched alkanes of at least 4 members (excludes halogenated alkanes) is 10. The zero-order valence-corrected chi connectivity index (χ0v) is 26.8. The highest BCUT2D eigenvalue weighted by Gasteiger charge is 2.18. The molecule has 4 N–H and O–H groups in total. The first-order valence-electron chi connectivity index (χ1n) is 17.0. The zero-order chi connectivity index (χ0) is 29.3. The Kier molecular flexibility index (Phi) is 23.1. The highest BCUT2D eigenvalue weighted by Crippen LogP contribution is 2.23. The van der Waals surface area contributed by atoms with Crippen LogP contribution in [0.4, 0.5) is 0 Å². The molecule has 0 spiro atoms. The van der Waals surface area contributed by atoms with Crippen LogP contribution in [0.3, 0.4) is 0 Å². The molecular formula is C33H65N5O2. The third-order valence-electron chi connectivity index (χ3n) is 7.92. The van der Waals surface area contributed by atoms with Gasteiger partial charge in [0.2, 0.25) is 0 Å². The van der Waals surface area contributed by atoms with Crippen LogP contribution in [0, 0.1) is 11.8 Å². The lowest BCUT2D eigenvalue weighted by atomic mass is 9.96. The van der Waals surface area contributed by atoms with E-state index in [-0.39, 0.29) is 6.04 Å². The third-order valence-corrected chi connectivity index (χ3v) is 7.92. The lowest BCUT2D eigenvalue weighted by molar-refractivity contribution is 0.189. The molecule has 0 aromatic carbocycles. The highest BCUT2D eigenvalue weighted by molar-refractivity contribution is 5.08. The SMILES string of the molecule is CCCCCCC(CCCC)COc1nc(OCC(CCCC)CCCCCC)nc(C(N)CCCCCN)n1. The summed E-state index contributed by atoms with van der Waals surface area (Å²) >= 11 is 0. The van der Waals surface area contributed by atoms with Crippen molar-refractivity contribution in [2.75, 3.05) is 19.8 Å². The summed E-state index contributed by atoms with van der Waals surface area (Å²) in [5.74, 6) is 1.62. The Morgan fingerprint density at radius 3 is 1.40 bits per heavy atom. The first kappa shape index (κ1) is 36.6. The molecule has 234 valence electrons. The van der Waals surface area contributed by atoms with Gasteiger partial charge in [-0.3, -0.25) is 0 Å². The molecule has 0 fully saturated rings. The van der Waals surface area contributed by atoms with Crippen molar-refractivity contribution in [2.24, 2.45) is 23.3 Å². The summed E-state index contributed by atoms with van der Waals surface area (Å²) < 4.78 is 12.5. The number of aromatic nitrogens is 3. The highest BCUT2D eigenvalue weighted by atomic mass is 16.5. The normalized spacial score (nSPS) is 13.8. The van der Waals surface area contributed by atoms with Gasteiger partial charge in [0.05, 0.1) is 19.3 Å². The molecule has 1 rings (SSSR count). The third kappa shape index (κ3) is 18.1. The molecule has 0 saturated heterocycles. The quantitative estimate of drug-likeness (QED) is 0.0981. The molecule has 3 atom stereocenters. The Morgan fingerprint density at radius 2 is 0.950 bits per heavy atom. The molecule has 40 heavy (non-hydrogen) atoms. The molecule has 1 heterocycles. The van der Waals surface area contributed by atoms with Crippen LogP contribution >= 0.6 is 0 Å². The second kappa shape index (κ2) is 25.3. The number of rotatable bonds is 28. The molecule has 7 heteroatoms. The van der Waals surface area contributed by atoms with Crippen molar-refractivity contribution in [2.45, 2.75) is 162 Å². The monoisotopic (exact) mass is 564 g/mol. The van der Waals surface area contributed by atoms with E-state index in [2.05, 4.69) is 42.6 Å². The Bertz CT molecular complexity index is 659. The second-order valence-corrected chi connectivity index (χ2v) is 11.8. The number of hydrogen-bond acceptors (Lipinski definition) is 7. The fourth-order valence-electron chi connectivity index (χ4n) is 5.17. The summed E-state index contributed by atoms with van der Waals surface area (Å²) in [6.07, 6.45) is 23.8. The maximum absolute atomic E-state index is 6.55. The lowest BCUT2D eigenvalue weighted by Crippen LogP contribution is -2.20. The number of nitrogens with two attached hydrogens (primary N) is 2. The fourth-order valence-corrected chi connectivity index (χ4v) is 5.17. The molecule has 0 bridgehead atoms. The van der Waals surface area contributed by atoms with Crippen LogP contribution in [0.15, 0.2) is 0 Å². The predicted molar refractivity (Wildman–Crippen MR) is 169 cm³/mol. The van der Waals surface area contributed by atoms with E-state index >= 15 is 0 Å². The van der Waals surface area contributed by atoms with Crippen molar-refractivity contribution in [3.8, 4) is 12.0 Å². The van der Waals surface area contributed by atoms with Crippen molar-refractivity contribution >= 4 is 0 Å². The van der Waals surface area contributed by atoms with Crippen LogP contribution in [0.2, 0.25) is 0 Å². The Balaban J connectivity index is 2.94. The average Bonchev–Trinajstić information content (AvgIpc) is 2.97. The van der Waals surface area contributed by atoms with E-state index < -0.39 is 0 Å². The number of nitrogens with zero attached hydrogens (tertiary/aromatic N) is 3. The summed E-state index contributed by atoms with van der Waals surface area (Å²) in [4.78, 5) is 13.9. The topological polar surface area (TPSA) is 109 Å². The van der Waals surface area contributed by atoms with Crippen molar-refractivity contribution in [1.82, 2.24) is 15.0 Å². The number of hydrogen-bond donors (Lipinski definition) is 2. The van der Waals surface area contributed by atoms with Gasteiger partial charge < -0.3 is 20.9 Å². The molecule has 1 aromatic heterocycles. The Morgan fingerprint density at radius 1 is 0.525 bits per heavy atom. The van der Waals surface area contributed by atoms with Crippen molar-refractivity contribution < 1.29 is 9.47 Å². The summed E-state index contributed by atoms with van der Waals surface area (Å²) in [6, 6.07) is 0.460. The van der Waals surface area contributed by atoms with Crippen LogP contribution in [0.5, 0.6) is 12.0 Å². The average molecular weight is 564 g/mol. The van der Waals surface area contributed by atoms with Gasteiger partial charge in [-0.05, 0) is 56.9 Å². The molecule has 0 amide bonds. The van der Waals surface area contributed by atoms with Crippen molar-refractivity contribution in [3.63, 3.8) is 0 Å². The van der Waals surface area contributed by atoms with Crippen molar-refractivity contribution in [3.05, 3.63) is 5.82 Å². The van der Waals surface area contributed by atoms with Crippen LogP contribution in [-0.4, -0.2) is 34.7 Å². The predicted octanol–water partition coefficient (Wildman–Crippen LogP) is 8.70. The summed E-state index contributed by atoms with van der Waals surface area (Å²) in [7, 11) is 0. The molecule has 7 nitrogen and oxygen atoms in total. The summed E-state index contributed by atoms with van der Waals surface area (Å²) in [6.45, 7) is 11.0. The number of ether oxygens (including phenoxy) is 2. The summed E-state index contributed by atoms with van der Waals surface area (Å²) in [5.41, 5.74) is 12.2.